The zero-order valence-electron chi connectivity index (χ0n) is 7.70. The van der Waals surface area contributed by atoms with Crippen LogP contribution in [0.2, 0.25) is 0 Å². The molecule has 80 valence electrons. The minimum absolute atomic E-state index is 0.512. The maximum absolute atomic E-state index is 12.0. The van der Waals surface area contributed by atoms with E-state index < -0.39 is 12.7 Å². The van der Waals surface area contributed by atoms with Crippen molar-refractivity contribution in [1.29, 1.82) is 0 Å². The molecule has 1 nitrogen and oxygen atoms in total. The number of halogens is 4. The van der Waals surface area contributed by atoms with Gasteiger partial charge in [-0.25, -0.2) is 0 Å². The lowest BCUT2D eigenvalue weighted by molar-refractivity contribution is -0.145. The molecule has 0 amide bonds. The van der Waals surface area contributed by atoms with E-state index in [1.807, 2.05) is 6.92 Å². The number of nitrogens with zero attached hydrogens (tertiary/aromatic N) is 1. The van der Waals surface area contributed by atoms with Gasteiger partial charge in [-0.05, 0) is 25.9 Å². The molecule has 13 heavy (non-hydrogen) atoms. The second-order valence-corrected chi connectivity index (χ2v) is 3.73. The van der Waals surface area contributed by atoms with Crippen LogP contribution in [0.25, 0.3) is 0 Å². The summed E-state index contributed by atoms with van der Waals surface area (Å²) < 4.78 is 36.0. The van der Waals surface area contributed by atoms with Crippen molar-refractivity contribution < 1.29 is 13.2 Å². The summed E-state index contributed by atoms with van der Waals surface area (Å²) >= 11 is 3.20. The van der Waals surface area contributed by atoms with Crippen LogP contribution in [0.15, 0.2) is 0 Å². The van der Waals surface area contributed by atoms with E-state index in [1.165, 1.54) is 4.90 Å². The summed E-state index contributed by atoms with van der Waals surface area (Å²) in [5.74, 6) is 0. The van der Waals surface area contributed by atoms with Gasteiger partial charge < -0.3 is 0 Å². The van der Waals surface area contributed by atoms with Crippen molar-refractivity contribution in [3.05, 3.63) is 0 Å². The van der Waals surface area contributed by atoms with Crippen molar-refractivity contribution in [1.82, 2.24) is 4.90 Å². The zero-order chi connectivity index (χ0) is 10.3. The fourth-order valence-electron chi connectivity index (χ4n) is 1.12. The minimum atomic E-state index is -4.07. The van der Waals surface area contributed by atoms with Gasteiger partial charge in [-0.2, -0.15) is 13.2 Å². The van der Waals surface area contributed by atoms with Gasteiger partial charge >= 0.3 is 6.18 Å². The highest BCUT2D eigenvalue weighted by atomic mass is 79.9. The Morgan fingerprint density at radius 1 is 1.23 bits per heavy atom. The average Bonchev–Trinajstić information content (AvgIpc) is 1.98. The van der Waals surface area contributed by atoms with Crippen LogP contribution in [0.5, 0.6) is 0 Å². The van der Waals surface area contributed by atoms with Gasteiger partial charge in [0.2, 0.25) is 0 Å². The van der Waals surface area contributed by atoms with Crippen molar-refractivity contribution in [2.75, 3.05) is 25.0 Å². The third-order valence-corrected chi connectivity index (χ3v) is 2.11. The van der Waals surface area contributed by atoms with Crippen LogP contribution in [-0.2, 0) is 0 Å². The Hall–Kier alpha value is 0.230. The van der Waals surface area contributed by atoms with Crippen LogP contribution in [0.1, 0.15) is 19.8 Å². The Bertz CT molecular complexity index is 127. The summed E-state index contributed by atoms with van der Waals surface area (Å²) in [7, 11) is 0. The Labute approximate surface area is 85.4 Å². The Morgan fingerprint density at radius 2 is 1.85 bits per heavy atom. The predicted molar refractivity (Wildman–Crippen MR) is 51.2 cm³/mol. The molecule has 5 heteroatoms. The van der Waals surface area contributed by atoms with Gasteiger partial charge in [0.05, 0.1) is 6.54 Å². The first-order chi connectivity index (χ1) is 5.99. The average molecular weight is 262 g/mol. The number of hydrogen-bond donors (Lipinski definition) is 0. The van der Waals surface area contributed by atoms with Gasteiger partial charge in [-0.15, -0.1) is 0 Å². The van der Waals surface area contributed by atoms with E-state index in [2.05, 4.69) is 15.9 Å². The molecule has 0 aromatic carbocycles. The van der Waals surface area contributed by atoms with Crippen molar-refractivity contribution in [3.8, 4) is 0 Å². The molecule has 0 bridgehead atoms. The van der Waals surface area contributed by atoms with E-state index in [0.717, 1.165) is 18.2 Å². The quantitative estimate of drug-likeness (QED) is 0.665. The summed E-state index contributed by atoms with van der Waals surface area (Å²) in [5.41, 5.74) is 0. The van der Waals surface area contributed by atoms with E-state index in [4.69, 9.17) is 0 Å². The highest BCUT2D eigenvalue weighted by Crippen LogP contribution is 2.16. The fraction of sp³-hybridized carbons (Fsp3) is 1.00. The Kier molecular flexibility index (Phi) is 6.77. The lowest BCUT2D eigenvalue weighted by atomic mass is 10.3. The standard InChI is InChI=1S/C8H15BrF3N/c1-2-5-13(6-3-4-9)7-8(10,11)12/h2-7H2,1H3. The lowest BCUT2D eigenvalue weighted by Crippen LogP contribution is -2.35. The van der Waals surface area contributed by atoms with Crippen LogP contribution in [0.4, 0.5) is 13.2 Å². The van der Waals surface area contributed by atoms with Crippen molar-refractivity contribution in [3.63, 3.8) is 0 Å². The first kappa shape index (κ1) is 13.2. The molecule has 0 heterocycles. The third kappa shape index (κ3) is 8.56. The van der Waals surface area contributed by atoms with Crippen LogP contribution >= 0.6 is 15.9 Å². The van der Waals surface area contributed by atoms with Crippen molar-refractivity contribution in [2.24, 2.45) is 0 Å². The summed E-state index contributed by atoms with van der Waals surface area (Å²) in [6.45, 7) is 2.14. The molecule has 0 aliphatic heterocycles. The molecule has 0 N–H and O–H groups in total. The number of rotatable bonds is 6. The van der Waals surface area contributed by atoms with Crippen molar-refractivity contribution >= 4 is 15.9 Å². The van der Waals surface area contributed by atoms with E-state index in [0.29, 0.717) is 13.1 Å². The van der Waals surface area contributed by atoms with E-state index in [1.54, 1.807) is 0 Å². The molecule has 0 aliphatic carbocycles. The molecular formula is C8H15BrF3N. The van der Waals surface area contributed by atoms with Gasteiger partial charge in [-0.1, -0.05) is 22.9 Å². The molecule has 0 aromatic heterocycles. The smallest absolute Gasteiger partial charge is 0.295 e. The van der Waals surface area contributed by atoms with Crippen molar-refractivity contribution in [2.45, 2.75) is 25.9 Å². The molecule has 0 rings (SSSR count). The number of hydrogen-bond acceptors (Lipinski definition) is 1. The molecular weight excluding hydrogens is 247 g/mol. The van der Waals surface area contributed by atoms with Crippen LogP contribution in [0, 0.1) is 0 Å². The summed E-state index contributed by atoms with van der Waals surface area (Å²) in [6.07, 6.45) is -2.55. The molecule has 0 radical (unpaired) electrons. The Balaban J connectivity index is 3.79. The maximum atomic E-state index is 12.0. The van der Waals surface area contributed by atoms with Gasteiger partial charge in [0.1, 0.15) is 0 Å². The molecule has 0 aromatic rings. The van der Waals surface area contributed by atoms with Gasteiger partial charge in [-0.3, -0.25) is 4.90 Å². The second kappa shape index (κ2) is 6.65. The topological polar surface area (TPSA) is 3.24 Å². The predicted octanol–water partition coefficient (Wildman–Crippen LogP) is 3.05. The number of alkyl halides is 4. The highest BCUT2D eigenvalue weighted by Gasteiger charge is 2.29. The molecule has 0 atom stereocenters. The van der Waals surface area contributed by atoms with Gasteiger partial charge in [0, 0.05) is 5.33 Å². The molecule has 0 saturated carbocycles. The highest BCUT2D eigenvalue weighted by molar-refractivity contribution is 9.09. The van der Waals surface area contributed by atoms with Crippen LogP contribution in [0.3, 0.4) is 0 Å². The second-order valence-electron chi connectivity index (χ2n) is 2.93. The van der Waals surface area contributed by atoms with Gasteiger partial charge in [0.15, 0.2) is 0 Å². The molecule has 0 saturated heterocycles. The first-order valence-corrected chi connectivity index (χ1v) is 5.47. The molecule has 0 fully saturated rings. The molecule has 0 spiro atoms. The molecule has 0 aliphatic rings. The lowest BCUT2D eigenvalue weighted by Gasteiger charge is -2.22. The van der Waals surface area contributed by atoms with Gasteiger partial charge in [0.25, 0.3) is 0 Å². The van der Waals surface area contributed by atoms with E-state index in [-0.39, 0.29) is 0 Å². The maximum Gasteiger partial charge on any atom is 0.401 e. The fourth-order valence-corrected chi connectivity index (χ4v) is 1.37. The Morgan fingerprint density at radius 3 is 2.23 bits per heavy atom. The van der Waals surface area contributed by atoms with E-state index >= 15 is 0 Å². The first-order valence-electron chi connectivity index (χ1n) is 4.34. The van der Waals surface area contributed by atoms with Crippen LogP contribution < -0.4 is 0 Å². The molecule has 0 unspecified atom stereocenters. The minimum Gasteiger partial charge on any atom is -0.295 e. The largest absolute Gasteiger partial charge is 0.401 e. The zero-order valence-corrected chi connectivity index (χ0v) is 9.29. The summed E-state index contributed by atoms with van der Waals surface area (Å²) in [6, 6.07) is 0. The summed E-state index contributed by atoms with van der Waals surface area (Å²) in [4.78, 5) is 1.45. The monoisotopic (exact) mass is 261 g/mol. The van der Waals surface area contributed by atoms with E-state index in [9.17, 15) is 13.2 Å². The van der Waals surface area contributed by atoms with Crippen LogP contribution in [-0.4, -0.2) is 36.0 Å². The SMILES string of the molecule is CCCN(CCCBr)CC(F)(F)F. The third-order valence-electron chi connectivity index (χ3n) is 1.55. The normalized spacial score (nSPS) is 12.5. The summed E-state index contributed by atoms with van der Waals surface area (Å²) in [5, 5.41) is 0.755.